The minimum Gasteiger partial charge on any atom is -0.495 e. The summed E-state index contributed by atoms with van der Waals surface area (Å²) in [5.41, 5.74) is 2.29. The van der Waals surface area contributed by atoms with Crippen molar-refractivity contribution in [2.45, 2.75) is 31.3 Å². The monoisotopic (exact) mass is 382 g/mol. The lowest BCUT2D eigenvalue weighted by Crippen LogP contribution is -2.18. The summed E-state index contributed by atoms with van der Waals surface area (Å²) in [7, 11) is -3.13. The first-order chi connectivity index (χ1) is 12.4. The molecule has 0 aromatic heterocycles. The molecular formula is C18H20F2N2O3S. The van der Waals surface area contributed by atoms with E-state index in [2.05, 4.69) is 16.5 Å². The van der Waals surface area contributed by atoms with E-state index in [1.165, 1.54) is 0 Å². The van der Waals surface area contributed by atoms with Gasteiger partial charge in [-0.05, 0) is 30.2 Å². The number of hydrogen-bond acceptors (Lipinski definition) is 4. The first-order valence-electron chi connectivity index (χ1n) is 8.24. The Labute approximate surface area is 151 Å². The minimum atomic E-state index is -4.29. The van der Waals surface area contributed by atoms with Crippen molar-refractivity contribution in [1.29, 1.82) is 0 Å². The van der Waals surface area contributed by atoms with Crippen LogP contribution in [-0.2, 0) is 23.1 Å². The molecule has 140 valence electrons. The predicted molar refractivity (Wildman–Crippen MR) is 94.6 cm³/mol. The second-order valence-corrected chi connectivity index (χ2v) is 7.80. The highest BCUT2D eigenvalue weighted by molar-refractivity contribution is 7.92. The summed E-state index contributed by atoms with van der Waals surface area (Å²) in [6.45, 7) is 4.34. The number of rotatable bonds is 6. The number of anilines is 1. The second-order valence-electron chi connectivity index (χ2n) is 6.18. The molecule has 26 heavy (non-hydrogen) atoms. The second kappa shape index (κ2) is 7.20. The maximum absolute atomic E-state index is 14.2. The Kier molecular flexibility index (Phi) is 5.15. The molecule has 1 N–H and O–H groups in total. The molecular weight excluding hydrogens is 362 g/mol. The van der Waals surface area contributed by atoms with Crippen molar-refractivity contribution in [3.8, 4) is 5.75 Å². The van der Waals surface area contributed by atoms with Crippen LogP contribution in [0.2, 0.25) is 0 Å². The fourth-order valence-electron chi connectivity index (χ4n) is 3.20. The van der Waals surface area contributed by atoms with Crippen LogP contribution in [-0.4, -0.2) is 27.0 Å². The van der Waals surface area contributed by atoms with E-state index in [-0.39, 0.29) is 5.75 Å². The predicted octanol–water partition coefficient (Wildman–Crippen LogP) is 3.50. The number of hydrogen-bond donors (Lipinski definition) is 1. The van der Waals surface area contributed by atoms with E-state index in [4.69, 9.17) is 4.74 Å². The SMILES string of the molecule is CCCN1Cc2cccc(NS(=O)(=O)c3c(F)cc(F)cc3OC)c2C1. The summed E-state index contributed by atoms with van der Waals surface area (Å²) in [5.74, 6) is -2.49. The van der Waals surface area contributed by atoms with E-state index in [0.717, 1.165) is 43.8 Å². The lowest BCUT2D eigenvalue weighted by molar-refractivity contribution is 0.285. The number of sulfonamides is 1. The molecule has 0 aliphatic carbocycles. The van der Waals surface area contributed by atoms with Gasteiger partial charge in [0.15, 0.2) is 4.90 Å². The van der Waals surface area contributed by atoms with Gasteiger partial charge in [0.2, 0.25) is 0 Å². The molecule has 0 saturated heterocycles. The van der Waals surface area contributed by atoms with Gasteiger partial charge in [-0.2, -0.15) is 0 Å². The molecule has 0 unspecified atom stereocenters. The van der Waals surface area contributed by atoms with Gasteiger partial charge in [-0.1, -0.05) is 19.1 Å². The summed E-state index contributed by atoms with van der Waals surface area (Å²) in [6, 6.07) is 6.71. The Morgan fingerprint density at radius 3 is 2.69 bits per heavy atom. The number of halogens is 2. The smallest absolute Gasteiger partial charge is 0.268 e. The van der Waals surface area contributed by atoms with Crippen LogP contribution in [0.5, 0.6) is 5.75 Å². The van der Waals surface area contributed by atoms with Crippen molar-refractivity contribution in [3.05, 3.63) is 53.1 Å². The quantitative estimate of drug-likeness (QED) is 0.831. The zero-order valence-corrected chi connectivity index (χ0v) is 15.4. The average Bonchev–Trinajstić information content (AvgIpc) is 2.97. The van der Waals surface area contributed by atoms with Gasteiger partial charge >= 0.3 is 0 Å². The number of nitrogens with one attached hydrogen (secondary N) is 1. The molecule has 1 aliphatic rings. The van der Waals surface area contributed by atoms with E-state index >= 15 is 0 Å². The highest BCUT2D eigenvalue weighted by atomic mass is 32.2. The molecule has 1 heterocycles. The Balaban J connectivity index is 1.98. The molecule has 0 bridgehead atoms. The fourth-order valence-corrected chi connectivity index (χ4v) is 4.51. The Morgan fingerprint density at radius 2 is 2.00 bits per heavy atom. The standard InChI is InChI=1S/C18H20F2N2O3S/c1-3-7-22-10-12-5-4-6-16(14(12)11-22)21-26(23,24)18-15(20)8-13(19)9-17(18)25-2/h4-6,8-9,21H,3,7,10-11H2,1-2H3. The highest BCUT2D eigenvalue weighted by Gasteiger charge is 2.28. The van der Waals surface area contributed by atoms with Gasteiger partial charge in [0.1, 0.15) is 17.4 Å². The third kappa shape index (κ3) is 3.52. The van der Waals surface area contributed by atoms with E-state index in [9.17, 15) is 17.2 Å². The first-order valence-corrected chi connectivity index (χ1v) is 9.73. The molecule has 0 atom stereocenters. The van der Waals surface area contributed by atoms with Crippen molar-refractivity contribution >= 4 is 15.7 Å². The maximum atomic E-state index is 14.2. The van der Waals surface area contributed by atoms with Gasteiger partial charge in [0, 0.05) is 25.2 Å². The van der Waals surface area contributed by atoms with Crippen LogP contribution in [0.4, 0.5) is 14.5 Å². The molecule has 2 aromatic rings. The first kappa shape index (κ1) is 18.6. The van der Waals surface area contributed by atoms with Crippen molar-refractivity contribution in [2.24, 2.45) is 0 Å². The molecule has 2 aromatic carbocycles. The van der Waals surface area contributed by atoms with Crippen LogP contribution in [0.1, 0.15) is 24.5 Å². The average molecular weight is 382 g/mol. The zero-order valence-electron chi connectivity index (χ0n) is 14.6. The molecule has 0 radical (unpaired) electrons. The molecule has 0 spiro atoms. The van der Waals surface area contributed by atoms with Crippen LogP contribution in [0.3, 0.4) is 0 Å². The maximum Gasteiger partial charge on any atom is 0.268 e. The molecule has 0 amide bonds. The Bertz CT molecular complexity index is 932. The summed E-state index contributed by atoms with van der Waals surface area (Å²) >= 11 is 0. The summed E-state index contributed by atoms with van der Waals surface area (Å²) < 4.78 is 60.4. The molecule has 5 nitrogen and oxygen atoms in total. The van der Waals surface area contributed by atoms with Crippen LogP contribution < -0.4 is 9.46 Å². The van der Waals surface area contributed by atoms with Crippen molar-refractivity contribution in [3.63, 3.8) is 0 Å². The summed E-state index contributed by atoms with van der Waals surface area (Å²) in [5, 5.41) is 0. The summed E-state index contributed by atoms with van der Waals surface area (Å²) in [6.07, 6.45) is 0.993. The lowest BCUT2D eigenvalue weighted by atomic mass is 10.1. The third-order valence-corrected chi connectivity index (χ3v) is 5.72. The van der Waals surface area contributed by atoms with Crippen molar-refractivity contribution < 1.29 is 21.9 Å². The molecule has 8 heteroatoms. The number of ether oxygens (including phenoxy) is 1. The van der Waals surface area contributed by atoms with Gasteiger partial charge in [-0.25, -0.2) is 17.2 Å². The van der Waals surface area contributed by atoms with E-state index < -0.39 is 26.6 Å². The Hall–Kier alpha value is -2.19. The van der Waals surface area contributed by atoms with Gasteiger partial charge in [-0.15, -0.1) is 0 Å². The molecule has 0 fully saturated rings. The van der Waals surface area contributed by atoms with Crippen LogP contribution >= 0.6 is 0 Å². The number of benzene rings is 2. The largest absolute Gasteiger partial charge is 0.495 e. The van der Waals surface area contributed by atoms with Crippen molar-refractivity contribution in [2.75, 3.05) is 18.4 Å². The Morgan fingerprint density at radius 1 is 1.23 bits per heavy atom. The highest BCUT2D eigenvalue weighted by Crippen LogP contribution is 2.33. The summed E-state index contributed by atoms with van der Waals surface area (Å²) in [4.78, 5) is 1.50. The van der Waals surface area contributed by atoms with Gasteiger partial charge in [0.05, 0.1) is 12.8 Å². The minimum absolute atomic E-state index is 0.379. The molecule has 0 saturated carbocycles. The fraction of sp³-hybridized carbons (Fsp3) is 0.333. The van der Waals surface area contributed by atoms with Crippen molar-refractivity contribution in [1.82, 2.24) is 4.90 Å². The normalized spacial score (nSPS) is 14.3. The van der Waals surface area contributed by atoms with Crippen LogP contribution in [0, 0.1) is 11.6 Å². The third-order valence-electron chi connectivity index (χ3n) is 4.30. The lowest BCUT2D eigenvalue weighted by Gasteiger charge is -2.15. The van der Waals surface area contributed by atoms with E-state index in [0.29, 0.717) is 18.3 Å². The van der Waals surface area contributed by atoms with Gasteiger partial charge in [0.25, 0.3) is 10.0 Å². The molecule has 1 aliphatic heterocycles. The number of nitrogens with zero attached hydrogens (tertiary/aromatic N) is 1. The van der Waals surface area contributed by atoms with Gasteiger partial charge < -0.3 is 4.74 Å². The van der Waals surface area contributed by atoms with E-state index in [1.54, 1.807) is 12.1 Å². The number of methoxy groups -OCH3 is 1. The van der Waals surface area contributed by atoms with Crippen LogP contribution in [0.25, 0.3) is 0 Å². The topological polar surface area (TPSA) is 58.6 Å². The molecule has 3 rings (SSSR count). The number of fused-ring (bicyclic) bond motifs is 1. The van der Waals surface area contributed by atoms with Gasteiger partial charge in [-0.3, -0.25) is 9.62 Å². The zero-order chi connectivity index (χ0) is 18.9. The van der Waals surface area contributed by atoms with E-state index in [1.807, 2.05) is 6.07 Å². The van der Waals surface area contributed by atoms with Crippen LogP contribution in [0.15, 0.2) is 35.2 Å².